The minimum absolute atomic E-state index is 0.0372. The number of rotatable bonds is 4. The van der Waals surface area contributed by atoms with E-state index in [1.807, 2.05) is 6.92 Å². The van der Waals surface area contributed by atoms with Crippen LogP contribution < -0.4 is 5.32 Å². The molecule has 0 spiro atoms. The Labute approximate surface area is 120 Å². The van der Waals surface area contributed by atoms with Crippen molar-refractivity contribution >= 4 is 11.4 Å². The Kier molecular flexibility index (Phi) is 4.16. The molecule has 0 bridgehead atoms. The summed E-state index contributed by atoms with van der Waals surface area (Å²) in [5, 5.41) is 13.9. The molecule has 0 aliphatic heterocycles. The molecule has 6 heteroatoms. The number of hydrogen-bond donors (Lipinski definition) is 1. The van der Waals surface area contributed by atoms with E-state index in [1.54, 1.807) is 13.0 Å². The van der Waals surface area contributed by atoms with Crippen molar-refractivity contribution < 1.29 is 13.7 Å². The molecule has 0 aliphatic rings. The molecule has 0 atom stereocenters. The first-order valence-corrected chi connectivity index (χ1v) is 6.32. The van der Waals surface area contributed by atoms with Crippen LogP contribution in [0.25, 0.3) is 0 Å². The summed E-state index contributed by atoms with van der Waals surface area (Å²) >= 11 is 0. The molecule has 2 rings (SSSR count). The number of anilines is 1. The maximum Gasteiger partial charge on any atom is 0.292 e. The van der Waals surface area contributed by atoms with Crippen molar-refractivity contribution in [2.75, 3.05) is 5.32 Å². The summed E-state index contributed by atoms with van der Waals surface area (Å²) in [5.74, 6) is -1.35. The highest BCUT2D eigenvalue weighted by molar-refractivity contribution is 5.64. The van der Waals surface area contributed by atoms with Crippen LogP contribution in [-0.2, 0) is 6.54 Å². The largest absolute Gasteiger partial charge is 0.375 e. The van der Waals surface area contributed by atoms with Crippen molar-refractivity contribution in [2.24, 2.45) is 0 Å². The zero-order valence-electron chi connectivity index (χ0n) is 11.6. The minimum atomic E-state index is -0.686. The first-order valence-electron chi connectivity index (χ1n) is 6.32. The van der Waals surface area contributed by atoms with Crippen molar-refractivity contribution in [3.8, 4) is 0 Å². The number of aryl methyl sites for hydroxylation is 2. The van der Waals surface area contributed by atoms with Gasteiger partial charge in [-0.25, -0.2) is 8.78 Å². The molecule has 0 unspecified atom stereocenters. The van der Waals surface area contributed by atoms with Crippen LogP contribution in [0.5, 0.6) is 0 Å². The Morgan fingerprint density at radius 2 is 1.81 bits per heavy atom. The van der Waals surface area contributed by atoms with Crippen LogP contribution in [0.1, 0.15) is 16.7 Å². The number of nitrogens with one attached hydrogen (secondary N) is 1. The zero-order chi connectivity index (χ0) is 15.6. The maximum atomic E-state index is 13.5. The van der Waals surface area contributed by atoms with Gasteiger partial charge in [-0.15, -0.1) is 0 Å². The standard InChI is InChI=1S/C15H14F2N2O2/c1-9-5-14(15(19(20)21)6-10(9)2)18-8-11-3-4-12(16)7-13(11)17/h3-7,18H,8H2,1-2H3. The highest BCUT2D eigenvalue weighted by Crippen LogP contribution is 2.28. The number of nitro benzene ring substituents is 1. The quantitative estimate of drug-likeness (QED) is 0.681. The van der Waals surface area contributed by atoms with E-state index in [0.29, 0.717) is 5.69 Å². The number of benzene rings is 2. The predicted molar refractivity (Wildman–Crippen MR) is 76.3 cm³/mol. The second kappa shape index (κ2) is 5.87. The fourth-order valence-corrected chi connectivity index (χ4v) is 1.95. The summed E-state index contributed by atoms with van der Waals surface area (Å²) in [7, 11) is 0. The average molecular weight is 292 g/mol. The number of halogens is 2. The zero-order valence-corrected chi connectivity index (χ0v) is 11.6. The van der Waals surface area contributed by atoms with Gasteiger partial charge in [-0.1, -0.05) is 6.07 Å². The van der Waals surface area contributed by atoms with Gasteiger partial charge in [-0.3, -0.25) is 10.1 Å². The van der Waals surface area contributed by atoms with Crippen LogP contribution in [0, 0.1) is 35.6 Å². The lowest BCUT2D eigenvalue weighted by Gasteiger charge is -2.10. The monoisotopic (exact) mass is 292 g/mol. The third-order valence-electron chi connectivity index (χ3n) is 3.29. The van der Waals surface area contributed by atoms with E-state index in [0.717, 1.165) is 23.3 Å². The molecule has 21 heavy (non-hydrogen) atoms. The molecule has 2 aromatic rings. The van der Waals surface area contributed by atoms with Gasteiger partial charge in [0.15, 0.2) is 0 Å². The molecule has 0 fully saturated rings. The van der Waals surface area contributed by atoms with Crippen molar-refractivity contribution in [2.45, 2.75) is 20.4 Å². The van der Waals surface area contributed by atoms with E-state index in [9.17, 15) is 18.9 Å². The summed E-state index contributed by atoms with van der Waals surface area (Å²) in [6.45, 7) is 3.66. The van der Waals surface area contributed by atoms with E-state index in [4.69, 9.17) is 0 Å². The Hall–Kier alpha value is -2.50. The van der Waals surface area contributed by atoms with E-state index >= 15 is 0 Å². The average Bonchev–Trinajstić information content (AvgIpc) is 2.41. The van der Waals surface area contributed by atoms with Crippen LogP contribution in [-0.4, -0.2) is 4.92 Å². The number of nitrogens with zero attached hydrogens (tertiary/aromatic N) is 1. The molecular formula is C15H14F2N2O2. The first-order chi connectivity index (χ1) is 9.88. The van der Waals surface area contributed by atoms with Gasteiger partial charge >= 0.3 is 0 Å². The lowest BCUT2D eigenvalue weighted by atomic mass is 10.1. The first kappa shape index (κ1) is 14.9. The molecule has 110 valence electrons. The second-order valence-electron chi connectivity index (χ2n) is 4.80. The maximum absolute atomic E-state index is 13.5. The highest BCUT2D eigenvalue weighted by atomic mass is 19.1. The fraction of sp³-hybridized carbons (Fsp3) is 0.200. The summed E-state index contributed by atoms with van der Waals surface area (Å²) in [6, 6.07) is 6.36. The minimum Gasteiger partial charge on any atom is -0.375 e. The number of nitro groups is 1. The lowest BCUT2D eigenvalue weighted by molar-refractivity contribution is -0.384. The summed E-state index contributed by atoms with van der Waals surface area (Å²) in [6.07, 6.45) is 0. The second-order valence-corrected chi connectivity index (χ2v) is 4.80. The van der Waals surface area contributed by atoms with Gasteiger partial charge in [-0.05, 0) is 37.1 Å². The van der Waals surface area contributed by atoms with Gasteiger partial charge < -0.3 is 5.32 Å². The predicted octanol–water partition coefficient (Wildman–Crippen LogP) is 4.10. The molecule has 0 radical (unpaired) electrons. The van der Waals surface area contributed by atoms with Gasteiger partial charge in [0.2, 0.25) is 0 Å². The molecular weight excluding hydrogens is 278 g/mol. The van der Waals surface area contributed by atoms with Gasteiger partial charge in [-0.2, -0.15) is 0 Å². The van der Waals surface area contributed by atoms with E-state index in [2.05, 4.69) is 5.32 Å². The number of hydrogen-bond acceptors (Lipinski definition) is 3. The Bertz CT molecular complexity index is 702. The molecule has 0 heterocycles. The topological polar surface area (TPSA) is 55.2 Å². The van der Waals surface area contributed by atoms with Crippen LogP contribution in [0.15, 0.2) is 30.3 Å². The van der Waals surface area contributed by atoms with Crippen molar-refractivity contribution in [3.63, 3.8) is 0 Å². The van der Waals surface area contributed by atoms with Crippen LogP contribution in [0.4, 0.5) is 20.2 Å². The summed E-state index contributed by atoms with van der Waals surface area (Å²) in [4.78, 5) is 10.6. The molecule has 0 saturated heterocycles. The molecule has 1 N–H and O–H groups in total. The lowest BCUT2D eigenvalue weighted by Crippen LogP contribution is -2.05. The van der Waals surface area contributed by atoms with E-state index < -0.39 is 16.6 Å². The van der Waals surface area contributed by atoms with Crippen LogP contribution in [0.3, 0.4) is 0 Å². The van der Waals surface area contributed by atoms with Crippen molar-refractivity contribution in [1.82, 2.24) is 0 Å². The Morgan fingerprint density at radius 1 is 1.14 bits per heavy atom. The fourth-order valence-electron chi connectivity index (χ4n) is 1.95. The van der Waals surface area contributed by atoms with Crippen LogP contribution in [0.2, 0.25) is 0 Å². The normalized spacial score (nSPS) is 10.5. The third-order valence-corrected chi connectivity index (χ3v) is 3.29. The summed E-state index contributed by atoms with van der Waals surface area (Å²) < 4.78 is 26.4. The van der Waals surface area contributed by atoms with Gasteiger partial charge in [0.1, 0.15) is 17.3 Å². The molecule has 0 aliphatic carbocycles. The Balaban J connectivity index is 2.27. The van der Waals surface area contributed by atoms with Crippen LogP contribution >= 0.6 is 0 Å². The highest BCUT2D eigenvalue weighted by Gasteiger charge is 2.15. The smallest absolute Gasteiger partial charge is 0.292 e. The van der Waals surface area contributed by atoms with E-state index in [-0.39, 0.29) is 17.8 Å². The van der Waals surface area contributed by atoms with Gasteiger partial charge in [0.25, 0.3) is 5.69 Å². The van der Waals surface area contributed by atoms with Crippen molar-refractivity contribution in [3.05, 3.63) is 68.8 Å². The van der Waals surface area contributed by atoms with E-state index in [1.165, 1.54) is 12.1 Å². The summed E-state index contributed by atoms with van der Waals surface area (Å²) in [5.41, 5.74) is 2.18. The van der Waals surface area contributed by atoms with Gasteiger partial charge in [0.05, 0.1) is 4.92 Å². The SMILES string of the molecule is Cc1cc(NCc2ccc(F)cc2F)c([N+](=O)[O-])cc1C. The Morgan fingerprint density at radius 3 is 2.43 bits per heavy atom. The third kappa shape index (κ3) is 3.34. The molecule has 4 nitrogen and oxygen atoms in total. The molecule has 2 aromatic carbocycles. The molecule has 0 saturated carbocycles. The van der Waals surface area contributed by atoms with Gasteiger partial charge in [0, 0.05) is 24.2 Å². The molecule has 0 aromatic heterocycles. The molecule has 0 amide bonds. The van der Waals surface area contributed by atoms with Crippen molar-refractivity contribution in [1.29, 1.82) is 0 Å².